The number of hydrogen-bond acceptors (Lipinski definition) is 3. The van der Waals surface area contributed by atoms with Crippen molar-refractivity contribution in [1.82, 2.24) is 0 Å². The van der Waals surface area contributed by atoms with Crippen LogP contribution in [0.15, 0.2) is 30.9 Å². The molecule has 126 valence electrons. The molecular weight excluding hydrogens is 335 g/mol. The second-order valence-corrected chi connectivity index (χ2v) is 6.92. The van der Waals surface area contributed by atoms with Crippen LogP contribution in [0.25, 0.3) is 0 Å². The first kappa shape index (κ1) is 18.3. The smallest absolute Gasteiger partial charge is 0.315 e. The number of halogens is 2. The minimum atomic E-state index is -1.15. The number of ether oxygens (including phenoxy) is 1. The lowest BCUT2D eigenvalue weighted by Gasteiger charge is -2.40. The molecule has 1 fully saturated rings. The van der Waals surface area contributed by atoms with E-state index >= 15 is 0 Å². The van der Waals surface area contributed by atoms with Gasteiger partial charge in [0.1, 0.15) is 5.41 Å². The van der Waals surface area contributed by atoms with Crippen LogP contribution in [0.5, 0.6) is 0 Å². The van der Waals surface area contributed by atoms with Gasteiger partial charge in [0.25, 0.3) is 0 Å². The molecule has 1 aromatic rings. The molecule has 1 aliphatic rings. The van der Waals surface area contributed by atoms with E-state index in [1.165, 1.54) is 0 Å². The molecule has 0 aliphatic heterocycles. The first-order chi connectivity index (χ1) is 10.9. The number of carbonyl (C=O) groups is 1. The summed E-state index contributed by atoms with van der Waals surface area (Å²) in [6, 6.07) is 5.29. The van der Waals surface area contributed by atoms with Crippen LogP contribution >= 0.6 is 23.2 Å². The van der Waals surface area contributed by atoms with Crippen molar-refractivity contribution in [2.75, 3.05) is 6.61 Å². The van der Waals surface area contributed by atoms with Gasteiger partial charge in [-0.15, -0.1) is 6.58 Å². The predicted molar refractivity (Wildman–Crippen MR) is 92.8 cm³/mol. The van der Waals surface area contributed by atoms with Gasteiger partial charge in [-0.25, -0.2) is 0 Å². The quantitative estimate of drug-likeness (QED) is 0.599. The maximum Gasteiger partial charge on any atom is 0.315 e. The van der Waals surface area contributed by atoms with Gasteiger partial charge >= 0.3 is 5.97 Å². The van der Waals surface area contributed by atoms with Gasteiger partial charge < -0.3 is 9.84 Å². The van der Waals surface area contributed by atoms with Crippen LogP contribution in [-0.2, 0) is 16.0 Å². The molecule has 2 rings (SSSR count). The van der Waals surface area contributed by atoms with Gasteiger partial charge in [-0.2, -0.15) is 0 Å². The molecule has 1 N–H and O–H groups in total. The third-order valence-corrected chi connectivity index (χ3v) is 5.46. The molecular formula is C18H22Cl2O3. The Morgan fingerprint density at radius 1 is 1.39 bits per heavy atom. The largest absolute Gasteiger partial charge is 0.465 e. The highest BCUT2D eigenvalue weighted by Gasteiger charge is 2.58. The summed E-state index contributed by atoms with van der Waals surface area (Å²) in [6.07, 6.45) is 4.29. The number of rotatable bonds is 6. The van der Waals surface area contributed by atoms with Crippen LogP contribution in [0.2, 0.25) is 10.0 Å². The molecule has 0 amide bonds. The van der Waals surface area contributed by atoms with E-state index in [1.807, 2.05) is 6.07 Å². The van der Waals surface area contributed by atoms with Crippen molar-refractivity contribution in [3.63, 3.8) is 0 Å². The zero-order valence-corrected chi connectivity index (χ0v) is 14.8. The number of benzene rings is 1. The maximum absolute atomic E-state index is 12.7. The lowest BCUT2D eigenvalue weighted by atomic mass is 9.68. The minimum Gasteiger partial charge on any atom is -0.465 e. The Morgan fingerprint density at radius 3 is 2.74 bits per heavy atom. The van der Waals surface area contributed by atoms with Crippen LogP contribution in [0.3, 0.4) is 0 Å². The van der Waals surface area contributed by atoms with Crippen LogP contribution in [-0.4, -0.2) is 23.3 Å². The monoisotopic (exact) mass is 356 g/mol. The third kappa shape index (κ3) is 3.42. The summed E-state index contributed by atoms with van der Waals surface area (Å²) in [6.45, 7) is 5.78. The van der Waals surface area contributed by atoms with Crippen molar-refractivity contribution in [3.05, 3.63) is 46.5 Å². The fraction of sp³-hybridized carbons (Fsp3) is 0.500. The lowest BCUT2D eigenvalue weighted by molar-refractivity contribution is -0.171. The molecule has 0 saturated heterocycles. The molecule has 23 heavy (non-hydrogen) atoms. The molecule has 1 saturated carbocycles. The number of hydrogen-bond donors (Lipinski definition) is 1. The van der Waals surface area contributed by atoms with Gasteiger partial charge in [0.05, 0.1) is 22.3 Å². The summed E-state index contributed by atoms with van der Waals surface area (Å²) in [5.74, 6) is -0.354. The summed E-state index contributed by atoms with van der Waals surface area (Å²) >= 11 is 12.1. The molecule has 0 bridgehead atoms. The van der Waals surface area contributed by atoms with E-state index in [2.05, 4.69) is 6.58 Å². The second-order valence-electron chi connectivity index (χ2n) is 6.11. The molecule has 2 atom stereocenters. The highest BCUT2D eigenvalue weighted by Crippen LogP contribution is 2.51. The Bertz CT molecular complexity index is 602. The van der Waals surface area contributed by atoms with Crippen LogP contribution < -0.4 is 0 Å². The first-order valence-electron chi connectivity index (χ1n) is 7.83. The predicted octanol–water partition coefficient (Wildman–Crippen LogP) is 4.58. The van der Waals surface area contributed by atoms with E-state index in [-0.39, 0.29) is 12.6 Å². The zero-order valence-electron chi connectivity index (χ0n) is 13.3. The number of aliphatic hydroxyl groups is 1. The first-order valence-corrected chi connectivity index (χ1v) is 8.58. The molecule has 1 aliphatic carbocycles. The fourth-order valence-corrected chi connectivity index (χ4v) is 3.90. The van der Waals surface area contributed by atoms with E-state index in [0.29, 0.717) is 35.7 Å². The molecule has 3 nitrogen and oxygen atoms in total. The van der Waals surface area contributed by atoms with E-state index in [4.69, 9.17) is 27.9 Å². The summed E-state index contributed by atoms with van der Waals surface area (Å²) in [5, 5.41) is 12.1. The van der Waals surface area contributed by atoms with Crippen LogP contribution in [0.1, 0.15) is 38.2 Å². The van der Waals surface area contributed by atoms with Gasteiger partial charge in [-0.05, 0) is 56.7 Å². The Kier molecular flexibility index (Phi) is 5.77. The molecule has 0 unspecified atom stereocenters. The maximum atomic E-state index is 12.7. The van der Waals surface area contributed by atoms with Gasteiger partial charge in [0.2, 0.25) is 0 Å². The number of esters is 1. The molecule has 0 spiro atoms. The minimum absolute atomic E-state index is 0.284. The average Bonchev–Trinajstić information content (AvgIpc) is 2.81. The summed E-state index contributed by atoms with van der Waals surface area (Å²) in [7, 11) is 0. The molecule has 1 aromatic carbocycles. The molecule has 0 radical (unpaired) electrons. The van der Waals surface area contributed by atoms with Gasteiger partial charge in [0, 0.05) is 0 Å². The van der Waals surface area contributed by atoms with Crippen molar-refractivity contribution in [2.45, 2.75) is 44.6 Å². The highest BCUT2D eigenvalue weighted by atomic mass is 35.5. The fourth-order valence-electron chi connectivity index (χ4n) is 3.58. The second kappa shape index (κ2) is 7.25. The summed E-state index contributed by atoms with van der Waals surface area (Å²) in [4.78, 5) is 12.7. The standard InChI is InChI=1S/C18H22Cl2O3/c1-3-8-18(22)10-5-9-17(18,16(21)23-4-2)12-13-6-7-14(19)15(20)11-13/h3,6-7,11,22H,1,4-5,8-10,12H2,2H3/t17-,18-/m1/s1. The van der Waals surface area contributed by atoms with Crippen molar-refractivity contribution in [1.29, 1.82) is 0 Å². The van der Waals surface area contributed by atoms with Gasteiger partial charge in [-0.3, -0.25) is 4.79 Å². The normalized spacial score (nSPS) is 27.0. The van der Waals surface area contributed by atoms with E-state index in [0.717, 1.165) is 12.0 Å². The Morgan fingerprint density at radius 2 is 2.13 bits per heavy atom. The zero-order chi connectivity index (χ0) is 17.1. The third-order valence-electron chi connectivity index (χ3n) is 4.72. The highest BCUT2D eigenvalue weighted by molar-refractivity contribution is 6.42. The summed E-state index contributed by atoms with van der Waals surface area (Å²) < 4.78 is 5.30. The summed E-state index contributed by atoms with van der Waals surface area (Å²) in [5.41, 5.74) is -1.27. The Balaban J connectivity index is 2.43. The van der Waals surface area contributed by atoms with Gasteiger partial charge in [0.15, 0.2) is 0 Å². The van der Waals surface area contributed by atoms with E-state index < -0.39 is 11.0 Å². The molecule has 0 heterocycles. The molecule has 0 aromatic heterocycles. The lowest BCUT2D eigenvalue weighted by Crippen LogP contribution is -2.51. The van der Waals surface area contributed by atoms with Crippen molar-refractivity contribution in [3.8, 4) is 0 Å². The topological polar surface area (TPSA) is 46.5 Å². The SMILES string of the molecule is C=CC[C@@]1(O)CCC[C@@]1(Cc1ccc(Cl)c(Cl)c1)C(=O)OCC. The van der Waals surface area contributed by atoms with Crippen LogP contribution in [0.4, 0.5) is 0 Å². The van der Waals surface area contributed by atoms with Crippen molar-refractivity contribution >= 4 is 29.2 Å². The Labute approximate surface area is 147 Å². The van der Waals surface area contributed by atoms with E-state index in [9.17, 15) is 9.90 Å². The Hall–Kier alpha value is -1.03. The number of carbonyl (C=O) groups excluding carboxylic acids is 1. The van der Waals surface area contributed by atoms with Crippen molar-refractivity contribution < 1.29 is 14.6 Å². The average molecular weight is 357 g/mol. The van der Waals surface area contributed by atoms with Crippen molar-refractivity contribution in [2.24, 2.45) is 5.41 Å². The van der Waals surface area contributed by atoms with Gasteiger partial charge in [-0.1, -0.05) is 35.3 Å². The molecule has 5 heteroatoms. The van der Waals surface area contributed by atoms with E-state index in [1.54, 1.807) is 25.1 Å². The van der Waals surface area contributed by atoms with Crippen LogP contribution in [0, 0.1) is 5.41 Å².